The van der Waals surface area contributed by atoms with Crippen LogP contribution in [0.15, 0.2) is 84.9 Å². The van der Waals surface area contributed by atoms with Crippen molar-refractivity contribution in [1.29, 1.82) is 0 Å². The molecule has 0 heterocycles. The summed E-state index contributed by atoms with van der Waals surface area (Å²) in [5, 5.41) is 13.9. The molecule has 0 radical (unpaired) electrons. The molecule has 0 bridgehead atoms. The van der Waals surface area contributed by atoms with E-state index in [1.54, 1.807) is 0 Å². The number of hydrogen-bond donors (Lipinski definition) is 1. The third-order valence-corrected chi connectivity index (χ3v) is 4.62. The van der Waals surface area contributed by atoms with Crippen LogP contribution in [-0.2, 0) is 13.1 Å². The van der Waals surface area contributed by atoms with Crippen LogP contribution in [0.1, 0.15) is 21.5 Å². The van der Waals surface area contributed by atoms with Crippen molar-refractivity contribution in [1.82, 2.24) is 10.2 Å². The van der Waals surface area contributed by atoms with Crippen molar-refractivity contribution in [3.05, 3.63) is 112 Å². The lowest BCUT2D eigenvalue weighted by Gasteiger charge is -2.25. The van der Waals surface area contributed by atoms with Gasteiger partial charge in [-0.15, -0.1) is 0 Å². The van der Waals surface area contributed by atoms with Gasteiger partial charge >= 0.3 is 0 Å². The molecule has 3 aromatic rings. The average Bonchev–Trinajstić information content (AvgIpc) is 2.74. The number of carbonyl (C=O) groups excluding carboxylic acids is 1. The Morgan fingerprint density at radius 2 is 1.45 bits per heavy atom. The number of nitro benzene ring substituents is 1. The third-order valence-electron chi connectivity index (χ3n) is 4.26. The lowest BCUT2D eigenvalue weighted by atomic mass is 10.1. The van der Waals surface area contributed by atoms with E-state index in [0.717, 1.165) is 11.1 Å². The van der Waals surface area contributed by atoms with Crippen LogP contribution < -0.4 is 5.32 Å². The predicted octanol–water partition coefficient (Wildman–Crippen LogP) is 4.31. The highest BCUT2D eigenvalue weighted by Gasteiger charge is 2.17. The molecule has 3 aromatic carbocycles. The molecule has 0 aliphatic carbocycles. The summed E-state index contributed by atoms with van der Waals surface area (Å²) in [6.07, 6.45) is 0. The van der Waals surface area contributed by atoms with Crippen molar-refractivity contribution < 1.29 is 9.72 Å². The monoisotopic (exact) mass is 405 g/mol. The molecule has 0 aromatic heterocycles. The third kappa shape index (κ3) is 5.70. The molecule has 0 atom stereocenters. The smallest absolute Gasteiger partial charge is 0.270 e. The number of nitro groups is 1. The number of thiocarbonyl (C=S) groups is 1. The highest BCUT2D eigenvalue weighted by atomic mass is 32.1. The number of nitrogens with zero attached hydrogens (tertiary/aromatic N) is 2. The maximum Gasteiger partial charge on any atom is 0.270 e. The van der Waals surface area contributed by atoms with E-state index < -0.39 is 10.8 Å². The molecule has 6 nitrogen and oxygen atoms in total. The van der Waals surface area contributed by atoms with Crippen molar-refractivity contribution in [2.75, 3.05) is 0 Å². The summed E-state index contributed by atoms with van der Waals surface area (Å²) in [5.74, 6) is -0.482. The Balaban J connectivity index is 1.77. The fourth-order valence-electron chi connectivity index (χ4n) is 2.82. The molecule has 0 spiro atoms. The number of benzene rings is 3. The molecule has 146 valence electrons. The molecule has 1 N–H and O–H groups in total. The van der Waals surface area contributed by atoms with Crippen LogP contribution in [-0.4, -0.2) is 20.8 Å². The Labute approximate surface area is 173 Å². The molecule has 29 heavy (non-hydrogen) atoms. The topological polar surface area (TPSA) is 75.5 Å². The summed E-state index contributed by atoms with van der Waals surface area (Å²) in [6, 6.07) is 25.2. The first-order valence-corrected chi connectivity index (χ1v) is 9.36. The molecule has 0 fully saturated rings. The molecule has 7 heteroatoms. The highest BCUT2D eigenvalue weighted by molar-refractivity contribution is 7.80. The van der Waals surface area contributed by atoms with Gasteiger partial charge in [0.25, 0.3) is 11.6 Å². The van der Waals surface area contributed by atoms with E-state index >= 15 is 0 Å². The van der Waals surface area contributed by atoms with E-state index in [0.29, 0.717) is 13.1 Å². The van der Waals surface area contributed by atoms with Crippen molar-refractivity contribution in [3.63, 3.8) is 0 Å². The first kappa shape index (κ1) is 20.2. The zero-order valence-corrected chi connectivity index (χ0v) is 16.3. The van der Waals surface area contributed by atoms with Crippen LogP contribution in [0, 0.1) is 10.1 Å². The van der Waals surface area contributed by atoms with Gasteiger partial charge < -0.3 is 4.90 Å². The molecule has 3 rings (SSSR count). The zero-order chi connectivity index (χ0) is 20.6. The Morgan fingerprint density at radius 3 is 1.97 bits per heavy atom. The van der Waals surface area contributed by atoms with Crippen LogP contribution in [0.4, 0.5) is 5.69 Å². The standard InChI is InChI=1S/C22H19N3O3S/c26-21(19-12-7-13-20(14-19)25(27)28)23-22(29)24(15-17-8-3-1-4-9-17)16-18-10-5-2-6-11-18/h1-14H,15-16H2,(H,23,26,29). The Bertz CT molecular complexity index is 969. The molecular weight excluding hydrogens is 386 g/mol. The van der Waals surface area contributed by atoms with E-state index in [-0.39, 0.29) is 16.4 Å². The van der Waals surface area contributed by atoms with Crippen LogP contribution >= 0.6 is 12.2 Å². The van der Waals surface area contributed by atoms with Crippen molar-refractivity contribution in [2.45, 2.75) is 13.1 Å². The number of rotatable bonds is 6. The van der Waals surface area contributed by atoms with Gasteiger partial charge in [0.05, 0.1) is 4.92 Å². The first-order valence-electron chi connectivity index (χ1n) is 8.95. The minimum absolute atomic E-state index is 0.144. The van der Waals surface area contributed by atoms with Gasteiger partial charge in [-0.1, -0.05) is 66.7 Å². The van der Waals surface area contributed by atoms with Crippen LogP contribution in [0.2, 0.25) is 0 Å². The van der Waals surface area contributed by atoms with Crippen molar-refractivity contribution >= 4 is 28.9 Å². The minimum Gasteiger partial charge on any atom is -0.340 e. The first-order chi connectivity index (χ1) is 14.0. The Kier molecular flexibility index (Phi) is 6.65. The van der Waals surface area contributed by atoms with Gasteiger partial charge in [-0.3, -0.25) is 20.2 Å². The van der Waals surface area contributed by atoms with Gasteiger partial charge in [-0.05, 0) is 29.4 Å². The molecule has 0 unspecified atom stereocenters. The van der Waals surface area contributed by atoms with E-state index in [4.69, 9.17) is 12.2 Å². The molecule has 1 amide bonds. The maximum absolute atomic E-state index is 12.6. The molecular formula is C22H19N3O3S. The van der Waals surface area contributed by atoms with Gasteiger partial charge in [0.15, 0.2) is 5.11 Å². The van der Waals surface area contributed by atoms with Gasteiger partial charge in [-0.25, -0.2) is 0 Å². The minimum atomic E-state index is -0.536. The Hall–Kier alpha value is -3.58. The quantitative estimate of drug-likeness (QED) is 0.376. The second-order valence-electron chi connectivity index (χ2n) is 6.39. The molecule has 0 saturated carbocycles. The Morgan fingerprint density at radius 1 is 0.897 bits per heavy atom. The van der Waals surface area contributed by atoms with Crippen LogP contribution in [0.5, 0.6) is 0 Å². The van der Waals surface area contributed by atoms with Crippen LogP contribution in [0.25, 0.3) is 0 Å². The number of non-ortho nitro benzene ring substituents is 1. The van der Waals surface area contributed by atoms with Gasteiger partial charge in [-0.2, -0.15) is 0 Å². The van der Waals surface area contributed by atoms with Crippen molar-refractivity contribution in [2.24, 2.45) is 0 Å². The highest BCUT2D eigenvalue weighted by Crippen LogP contribution is 2.14. The summed E-state index contributed by atoms with van der Waals surface area (Å²) in [6.45, 7) is 1.04. The lowest BCUT2D eigenvalue weighted by molar-refractivity contribution is -0.384. The summed E-state index contributed by atoms with van der Waals surface area (Å²) in [5.41, 5.74) is 2.14. The van der Waals surface area contributed by atoms with Gasteiger partial charge in [0, 0.05) is 30.8 Å². The molecule has 0 saturated heterocycles. The fraction of sp³-hybridized carbons (Fsp3) is 0.0909. The van der Waals surface area contributed by atoms with E-state index in [2.05, 4.69) is 5.32 Å². The largest absolute Gasteiger partial charge is 0.340 e. The maximum atomic E-state index is 12.6. The van der Waals surface area contributed by atoms with Crippen molar-refractivity contribution in [3.8, 4) is 0 Å². The second-order valence-corrected chi connectivity index (χ2v) is 6.78. The zero-order valence-electron chi connectivity index (χ0n) is 15.5. The summed E-state index contributed by atoms with van der Waals surface area (Å²) >= 11 is 5.49. The molecule has 0 aliphatic rings. The number of nitrogens with one attached hydrogen (secondary N) is 1. The normalized spacial score (nSPS) is 10.2. The number of carbonyl (C=O) groups is 1. The van der Waals surface area contributed by atoms with E-state index in [1.165, 1.54) is 24.3 Å². The molecule has 0 aliphatic heterocycles. The average molecular weight is 405 g/mol. The SMILES string of the molecule is O=C(NC(=S)N(Cc1ccccc1)Cc1ccccc1)c1cccc([N+](=O)[O-])c1. The van der Waals surface area contributed by atoms with Gasteiger partial charge in [0.1, 0.15) is 0 Å². The predicted molar refractivity (Wildman–Crippen MR) is 115 cm³/mol. The summed E-state index contributed by atoms with van der Waals surface area (Å²) in [7, 11) is 0. The van der Waals surface area contributed by atoms with E-state index in [9.17, 15) is 14.9 Å². The second kappa shape index (κ2) is 9.57. The summed E-state index contributed by atoms with van der Waals surface area (Å²) in [4.78, 5) is 24.9. The number of hydrogen-bond acceptors (Lipinski definition) is 4. The van der Waals surface area contributed by atoms with Gasteiger partial charge in [0.2, 0.25) is 0 Å². The lowest BCUT2D eigenvalue weighted by Crippen LogP contribution is -2.42. The number of amides is 1. The van der Waals surface area contributed by atoms with E-state index in [1.807, 2.05) is 65.6 Å². The fourth-order valence-corrected chi connectivity index (χ4v) is 3.04. The summed E-state index contributed by atoms with van der Waals surface area (Å²) < 4.78 is 0. The van der Waals surface area contributed by atoms with Crippen LogP contribution in [0.3, 0.4) is 0 Å².